The second kappa shape index (κ2) is 8.07. The van der Waals surface area contributed by atoms with Crippen LogP contribution in [0.1, 0.15) is 32.0 Å². The Hall–Kier alpha value is -2.79. The Bertz CT molecular complexity index is 960. The molecule has 28 heavy (non-hydrogen) atoms. The van der Waals surface area contributed by atoms with Crippen molar-refractivity contribution >= 4 is 0 Å². The molecule has 0 aliphatic rings. The first-order valence-electron chi connectivity index (χ1n) is 9.43. The van der Waals surface area contributed by atoms with E-state index in [0.29, 0.717) is 6.61 Å². The van der Waals surface area contributed by atoms with Crippen LogP contribution in [0.25, 0.3) is 22.4 Å². The molecule has 148 valence electrons. The third kappa shape index (κ3) is 3.62. The Labute approximate surface area is 166 Å². The molecule has 1 aromatic carbocycles. The predicted octanol–water partition coefficient (Wildman–Crippen LogP) is 5.34. The summed E-state index contributed by atoms with van der Waals surface area (Å²) in [5.41, 5.74) is 5.55. The standard InChI is InChI=1S/C23H28N2O3/c1-7-28-23(3,4)22-21(19-13-16(26-5)11-12-24-19)18(14-25-22)17-9-8-10-20(27-6)15(17)2/h8-14,25H,7H2,1-6H3. The lowest BCUT2D eigenvalue weighted by molar-refractivity contribution is -0.0164. The van der Waals surface area contributed by atoms with Gasteiger partial charge in [0.2, 0.25) is 0 Å². The zero-order chi connectivity index (χ0) is 20.3. The van der Waals surface area contributed by atoms with E-state index in [2.05, 4.69) is 36.8 Å². The number of aromatic amines is 1. The van der Waals surface area contributed by atoms with E-state index in [1.165, 1.54) is 0 Å². The first-order chi connectivity index (χ1) is 13.4. The van der Waals surface area contributed by atoms with E-state index in [4.69, 9.17) is 14.2 Å². The van der Waals surface area contributed by atoms with Gasteiger partial charge in [0.25, 0.3) is 0 Å². The van der Waals surface area contributed by atoms with Gasteiger partial charge in [-0.15, -0.1) is 0 Å². The third-order valence-corrected chi connectivity index (χ3v) is 5.00. The fourth-order valence-corrected chi connectivity index (χ4v) is 3.61. The second-order valence-electron chi connectivity index (χ2n) is 7.11. The Morgan fingerprint density at radius 1 is 1.07 bits per heavy atom. The van der Waals surface area contributed by atoms with Crippen LogP contribution in [0.5, 0.6) is 11.5 Å². The van der Waals surface area contributed by atoms with Crippen LogP contribution in [0.3, 0.4) is 0 Å². The van der Waals surface area contributed by atoms with E-state index in [1.807, 2.05) is 37.4 Å². The fraction of sp³-hybridized carbons (Fsp3) is 0.348. The molecule has 0 atom stereocenters. The molecule has 3 aromatic rings. The quantitative estimate of drug-likeness (QED) is 0.601. The number of benzene rings is 1. The minimum atomic E-state index is -0.500. The Morgan fingerprint density at radius 3 is 2.54 bits per heavy atom. The average molecular weight is 380 g/mol. The molecule has 5 nitrogen and oxygen atoms in total. The number of rotatable bonds is 7. The van der Waals surface area contributed by atoms with Crippen molar-refractivity contribution in [3.05, 3.63) is 54.0 Å². The van der Waals surface area contributed by atoms with Crippen molar-refractivity contribution in [3.8, 4) is 33.9 Å². The molecule has 0 saturated heterocycles. The Kier molecular flexibility index (Phi) is 5.75. The van der Waals surface area contributed by atoms with E-state index in [0.717, 1.165) is 45.1 Å². The molecule has 0 spiro atoms. The summed E-state index contributed by atoms with van der Waals surface area (Å²) in [6, 6.07) is 9.88. The van der Waals surface area contributed by atoms with Gasteiger partial charge in [0.05, 0.1) is 25.6 Å². The zero-order valence-electron chi connectivity index (χ0n) is 17.4. The minimum absolute atomic E-state index is 0.500. The molecule has 0 fully saturated rings. The molecule has 0 radical (unpaired) electrons. The smallest absolute Gasteiger partial charge is 0.122 e. The van der Waals surface area contributed by atoms with Crippen molar-refractivity contribution in [2.24, 2.45) is 0 Å². The largest absolute Gasteiger partial charge is 0.497 e. The van der Waals surface area contributed by atoms with E-state index < -0.39 is 5.60 Å². The maximum absolute atomic E-state index is 6.04. The number of hydrogen-bond donors (Lipinski definition) is 1. The number of pyridine rings is 1. The van der Waals surface area contributed by atoms with Gasteiger partial charge in [-0.2, -0.15) is 0 Å². The van der Waals surface area contributed by atoms with Crippen LogP contribution in [0.15, 0.2) is 42.7 Å². The third-order valence-electron chi connectivity index (χ3n) is 5.00. The van der Waals surface area contributed by atoms with Crippen LogP contribution >= 0.6 is 0 Å². The first kappa shape index (κ1) is 20.0. The van der Waals surface area contributed by atoms with Crippen LogP contribution in [-0.4, -0.2) is 30.8 Å². The van der Waals surface area contributed by atoms with Crippen LogP contribution in [0, 0.1) is 6.92 Å². The van der Waals surface area contributed by atoms with Crippen LogP contribution in [0.4, 0.5) is 0 Å². The number of methoxy groups -OCH3 is 2. The topological polar surface area (TPSA) is 56.4 Å². The molecule has 0 aliphatic heterocycles. The summed E-state index contributed by atoms with van der Waals surface area (Å²) in [6.45, 7) is 8.81. The van der Waals surface area contributed by atoms with Gasteiger partial charge >= 0.3 is 0 Å². The summed E-state index contributed by atoms with van der Waals surface area (Å²) in [4.78, 5) is 8.09. The van der Waals surface area contributed by atoms with E-state index in [1.54, 1.807) is 20.4 Å². The van der Waals surface area contributed by atoms with Crippen LogP contribution in [0.2, 0.25) is 0 Å². The summed E-state index contributed by atoms with van der Waals surface area (Å²) >= 11 is 0. The maximum atomic E-state index is 6.04. The summed E-state index contributed by atoms with van der Waals surface area (Å²) in [5.74, 6) is 1.62. The lowest BCUT2D eigenvalue weighted by Crippen LogP contribution is -2.23. The summed E-state index contributed by atoms with van der Waals surface area (Å²) in [7, 11) is 3.35. The Morgan fingerprint density at radius 2 is 1.86 bits per heavy atom. The molecule has 2 heterocycles. The van der Waals surface area contributed by atoms with Crippen molar-refractivity contribution in [1.29, 1.82) is 0 Å². The number of ether oxygens (including phenoxy) is 3. The van der Waals surface area contributed by atoms with E-state index in [9.17, 15) is 0 Å². The van der Waals surface area contributed by atoms with Gasteiger partial charge < -0.3 is 19.2 Å². The first-order valence-corrected chi connectivity index (χ1v) is 9.43. The molecular formula is C23H28N2O3. The van der Waals surface area contributed by atoms with Crippen molar-refractivity contribution in [1.82, 2.24) is 9.97 Å². The van der Waals surface area contributed by atoms with Crippen molar-refractivity contribution < 1.29 is 14.2 Å². The number of nitrogens with zero attached hydrogens (tertiary/aromatic N) is 1. The van der Waals surface area contributed by atoms with Crippen molar-refractivity contribution in [3.63, 3.8) is 0 Å². The molecule has 1 N–H and O–H groups in total. The van der Waals surface area contributed by atoms with Gasteiger partial charge in [-0.25, -0.2) is 0 Å². The molecular weight excluding hydrogens is 352 g/mol. The van der Waals surface area contributed by atoms with E-state index in [-0.39, 0.29) is 0 Å². The highest BCUT2D eigenvalue weighted by molar-refractivity contribution is 5.86. The monoisotopic (exact) mass is 380 g/mol. The highest BCUT2D eigenvalue weighted by atomic mass is 16.5. The van der Waals surface area contributed by atoms with E-state index >= 15 is 0 Å². The minimum Gasteiger partial charge on any atom is -0.497 e. The van der Waals surface area contributed by atoms with Crippen LogP contribution in [-0.2, 0) is 10.3 Å². The van der Waals surface area contributed by atoms with Gasteiger partial charge in [0.1, 0.15) is 17.1 Å². The molecule has 0 saturated carbocycles. The van der Waals surface area contributed by atoms with Gasteiger partial charge in [-0.1, -0.05) is 12.1 Å². The molecule has 0 aliphatic carbocycles. The maximum Gasteiger partial charge on any atom is 0.122 e. The summed E-state index contributed by atoms with van der Waals surface area (Å²) in [5, 5.41) is 0. The molecule has 2 aromatic heterocycles. The number of aromatic nitrogens is 2. The van der Waals surface area contributed by atoms with Gasteiger partial charge in [0.15, 0.2) is 0 Å². The molecule has 3 rings (SSSR count). The highest BCUT2D eigenvalue weighted by Crippen LogP contribution is 2.42. The zero-order valence-corrected chi connectivity index (χ0v) is 17.4. The second-order valence-corrected chi connectivity index (χ2v) is 7.11. The summed E-state index contributed by atoms with van der Waals surface area (Å²) < 4.78 is 17.0. The fourth-order valence-electron chi connectivity index (χ4n) is 3.61. The number of H-pyrrole nitrogens is 1. The summed E-state index contributed by atoms with van der Waals surface area (Å²) in [6.07, 6.45) is 3.79. The lowest BCUT2D eigenvalue weighted by atomic mass is 9.91. The molecule has 0 amide bonds. The molecule has 0 bridgehead atoms. The Balaban J connectivity index is 2.29. The van der Waals surface area contributed by atoms with Gasteiger partial charge in [-0.05, 0) is 51.0 Å². The lowest BCUT2D eigenvalue weighted by Gasteiger charge is -2.25. The average Bonchev–Trinajstić information content (AvgIpc) is 3.14. The van der Waals surface area contributed by atoms with Crippen LogP contribution < -0.4 is 9.47 Å². The predicted molar refractivity (Wildman–Crippen MR) is 112 cm³/mol. The van der Waals surface area contributed by atoms with Crippen molar-refractivity contribution in [2.45, 2.75) is 33.3 Å². The molecule has 0 unspecified atom stereocenters. The van der Waals surface area contributed by atoms with Gasteiger partial charge in [0, 0.05) is 36.2 Å². The SMILES string of the molecule is CCOC(C)(C)c1[nH]cc(-c2cccc(OC)c2C)c1-c1cc(OC)ccn1. The van der Waals surface area contributed by atoms with Gasteiger partial charge in [-0.3, -0.25) is 4.98 Å². The molecule has 5 heteroatoms. The highest BCUT2D eigenvalue weighted by Gasteiger charge is 2.30. The normalized spacial score (nSPS) is 11.5. The number of hydrogen-bond acceptors (Lipinski definition) is 4. The van der Waals surface area contributed by atoms with Crippen molar-refractivity contribution in [2.75, 3.05) is 20.8 Å². The number of nitrogens with one attached hydrogen (secondary N) is 1.